The quantitative estimate of drug-likeness (QED) is 0.794. The zero-order chi connectivity index (χ0) is 14.8. The smallest absolute Gasteiger partial charge is 0.103 e. The number of nitriles is 1. The van der Waals surface area contributed by atoms with Crippen LogP contribution in [0, 0.1) is 11.3 Å². The number of nitrogens with zero attached hydrogens (tertiary/aromatic N) is 4. The van der Waals surface area contributed by atoms with Gasteiger partial charge in [0.2, 0.25) is 0 Å². The molecular weight excluding hydrogens is 330 g/mol. The fraction of sp³-hybridized carbons (Fsp3) is 0.133. The van der Waals surface area contributed by atoms with Crippen molar-refractivity contribution in [2.75, 3.05) is 5.32 Å². The fourth-order valence-electron chi connectivity index (χ4n) is 2.22. The number of hydrogen-bond acceptors (Lipinski definition) is 4. The van der Waals surface area contributed by atoms with Gasteiger partial charge in [0, 0.05) is 41.4 Å². The number of aromatic nitrogens is 3. The Labute approximate surface area is 130 Å². The average Bonchev–Trinajstić information content (AvgIpc) is 2.90. The molecule has 0 fully saturated rings. The van der Waals surface area contributed by atoms with Gasteiger partial charge in [0.1, 0.15) is 6.07 Å². The molecule has 0 aliphatic heterocycles. The number of pyridine rings is 1. The van der Waals surface area contributed by atoms with Gasteiger partial charge in [-0.25, -0.2) is 0 Å². The SMILES string of the molecule is Cn1cc(CNc2c(C#N)cnc3c(Br)cccc23)cn1. The molecule has 21 heavy (non-hydrogen) atoms. The van der Waals surface area contributed by atoms with Crippen LogP contribution in [-0.2, 0) is 13.6 Å². The van der Waals surface area contributed by atoms with Crippen LogP contribution >= 0.6 is 15.9 Å². The summed E-state index contributed by atoms with van der Waals surface area (Å²) < 4.78 is 2.66. The van der Waals surface area contributed by atoms with Crippen LogP contribution in [0.25, 0.3) is 10.9 Å². The Morgan fingerprint density at radius 2 is 2.24 bits per heavy atom. The molecule has 0 atom stereocenters. The van der Waals surface area contributed by atoms with Gasteiger partial charge in [-0.15, -0.1) is 0 Å². The topological polar surface area (TPSA) is 66.5 Å². The lowest BCUT2D eigenvalue weighted by atomic mass is 10.1. The van der Waals surface area contributed by atoms with Gasteiger partial charge < -0.3 is 5.32 Å². The highest BCUT2D eigenvalue weighted by molar-refractivity contribution is 9.10. The van der Waals surface area contributed by atoms with E-state index in [0.717, 1.165) is 26.6 Å². The third-order valence-electron chi connectivity index (χ3n) is 3.20. The van der Waals surface area contributed by atoms with Crippen molar-refractivity contribution in [3.8, 4) is 6.07 Å². The second-order valence-electron chi connectivity index (χ2n) is 4.67. The van der Waals surface area contributed by atoms with Crippen LogP contribution < -0.4 is 5.32 Å². The van der Waals surface area contributed by atoms with Gasteiger partial charge in [-0.3, -0.25) is 9.67 Å². The van der Waals surface area contributed by atoms with E-state index in [9.17, 15) is 5.26 Å². The molecule has 0 amide bonds. The highest BCUT2D eigenvalue weighted by Gasteiger charge is 2.10. The number of halogens is 1. The van der Waals surface area contributed by atoms with E-state index in [1.165, 1.54) is 0 Å². The Bertz CT molecular complexity index is 847. The maximum absolute atomic E-state index is 9.29. The van der Waals surface area contributed by atoms with E-state index >= 15 is 0 Å². The van der Waals surface area contributed by atoms with Crippen molar-refractivity contribution in [2.45, 2.75) is 6.54 Å². The first-order valence-corrected chi connectivity index (χ1v) is 7.17. The zero-order valence-corrected chi connectivity index (χ0v) is 12.9. The summed E-state index contributed by atoms with van der Waals surface area (Å²) in [5.74, 6) is 0. The van der Waals surface area contributed by atoms with E-state index in [1.54, 1.807) is 17.1 Å². The molecule has 0 saturated heterocycles. The molecule has 0 radical (unpaired) electrons. The lowest BCUT2D eigenvalue weighted by Gasteiger charge is -2.11. The molecule has 6 heteroatoms. The molecule has 0 aliphatic rings. The average molecular weight is 342 g/mol. The summed E-state index contributed by atoms with van der Waals surface area (Å²) in [4.78, 5) is 4.35. The number of hydrogen-bond donors (Lipinski definition) is 1. The molecule has 0 aliphatic carbocycles. The second-order valence-corrected chi connectivity index (χ2v) is 5.52. The Kier molecular flexibility index (Phi) is 3.59. The summed E-state index contributed by atoms with van der Waals surface area (Å²) in [7, 11) is 1.88. The van der Waals surface area contributed by atoms with Gasteiger partial charge in [-0.05, 0) is 22.0 Å². The summed E-state index contributed by atoms with van der Waals surface area (Å²) in [5, 5.41) is 17.7. The van der Waals surface area contributed by atoms with Crippen molar-refractivity contribution >= 4 is 32.5 Å². The molecule has 0 saturated carbocycles. The van der Waals surface area contributed by atoms with Crippen molar-refractivity contribution in [3.63, 3.8) is 0 Å². The summed E-state index contributed by atoms with van der Waals surface area (Å²) in [6, 6.07) is 8.02. The number of benzene rings is 1. The number of para-hydroxylation sites is 1. The molecule has 5 nitrogen and oxygen atoms in total. The van der Waals surface area contributed by atoms with E-state index in [2.05, 4.69) is 37.4 Å². The first kappa shape index (κ1) is 13.6. The van der Waals surface area contributed by atoms with E-state index in [0.29, 0.717) is 12.1 Å². The Morgan fingerprint density at radius 1 is 1.38 bits per heavy atom. The second kappa shape index (κ2) is 5.54. The lowest BCUT2D eigenvalue weighted by Crippen LogP contribution is -2.02. The summed E-state index contributed by atoms with van der Waals surface area (Å²) in [5.41, 5.74) is 3.23. The van der Waals surface area contributed by atoms with Gasteiger partial charge in [0.15, 0.2) is 0 Å². The Hall–Kier alpha value is -2.39. The van der Waals surface area contributed by atoms with Crippen LogP contribution in [0.3, 0.4) is 0 Å². The molecule has 104 valence electrons. The number of rotatable bonds is 3. The molecule has 3 aromatic rings. The number of fused-ring (bicyclic) bond motifs is 1. The minimum atomic E-state index is 0.532. The predicted molar refractivity (Wildman–Crippen MR) is 84.7 cm³/mol. The third-order valence-corrected chi connectivity index (χ3v) is 3.84. The van der Waals surface area contributed by atoms with Crippen LogP contribution in [0.1, 0.15) is 11.1 Å². The van der Waals surface area contributed by atoms with E-state index in [4.69, 9.17) is 0 Å². The van der Waals surface area contributed by atoms with E-state index < -0.39 is 0 Å². The van der Waals surface area contributed by atoms with Gasteiger partial charge >= 0.3 is 0 Å². The molecule has 0 unspecified atom stereocenters. The zero-order valence-electron chi connectivity index (χ0n) is 11.3. The van der Waals surface area contributed by atoms with E-state index in [1.807, 2.05) is 31.4 Å². The van der Waals surface area contributed by atoms with Gasteiger partial charge in [0.05, 0.1) is 23.0 Å². The van der Waals surface area contributed by atoms with Gasteiger partial charge in [-0.2, -0.15) is 10.4 Å². The number of nitrogens with one attached hydrogen (secondary N) is 1. The Morgan fingerprint density at radius 3 is 2.95 bits per heavy atom. The molecule has 3 rings (SSSR count). The maximum Gasteiger partial charge on any atom is 0.103 e. The summed E-state index contributed by atoms with van der Waals surface area (Å²) in [6.07, 6.45) is 5.34. The normalized spacial score (nSPS) is 10.5. The number of aryl methyl sites for hydroxylation is 1. The predicted octanol–water partition coefficient (Wildman–Crippen LogP) is 3.21. The molecule has 0 bridgehead atoms. The molecular formula is C15H12BrN5. The summed E-state index contributed by atoms with van der Waals surface area (Å²) >= 11 is 3.49. The largest absolute Gasteiger partial charge is 0.379 e. The number of anilines is 1. The van der Waals surface area contributed by atoms with Crippen LogP contribution in [0.4, 0.5) is 5.69 Å². The highest BCUT2D eigenvalue weighted by Crippen LogP contribution is 2.30. The minimum Gasteiger partial charge on any atom is -0.379 e. The monoisotopic (exact) mass is 341 g/mol. The first-order valence-electron chi connectivity index (χ1n) is 6.38. The van der Waals surface area contributed by atoms with Crippen molar-refractivity contribution in [3.05, 3.63) is 52.4 Å². The van der Waals surface area contributed by atoms with E-state index in [-0.39, 0.29) is 0 Å². The molecule has 2 heterocycles. The molecule has 1 N–H and O–H groups in total. The Balaban J connectivity index is 2.03. The first-order chi connectivity index (χ1) is 10.2. The standard InChI is InChI=1S/C15H12BrN5/c1-21-9-10(7-20-21)6-18-14-11(5-17)8-19-15-12(14)3-2-4-13(15)16/h2-4,7-9H,6H2,1H3,(H,18,19). The van der Waals surface area contributed by atoms with Crippen LogP contribution in [0.15, 0.2) is 41.3 Å². The van der Waals surface area contributed by atoms with Crippen molar-refractivity contribution in [1.82, 2.24) is 14.8 Å². The van der Waals surface area contributed by atoms with Crippen molar-refractivity contribution in [2.24, 2.45) is 7.05 Å². The van der Waals surface area contributed by atoms with Gasteiger partial charge in [0.25, 0.3) is 0 Å². The lowest BCUT2D eigenvalue weighted by molar-refractivity contribution is 0.767. The van der Waals surface area contributed by atoms with Gasteiger partial charge in [-0.1, -0.05) is 12.1 Å². The third kappa shape index (κ3) is 2.60. The minimum absolute atomic E-state index is 0.532. The molecule has 2 aromatic heterocycles. The molecule has 1 aromatic carbocycles. The van der Waals surface area contributed by atoms with Crippen LogP contribution in [-0.4, -0.2) is 14.8 Å². The van der Waals surface area contributed by atoms with Crippen molar-refractivity contribution in [1.29, 1.82) is 5.26 Å². The van der Waals surface area contributed by atoms with Crippen molar-refractivity contribution < 1.29 is 0 Å². The van der Waals surface area contributed by atoms with Crippen LogP contribution in [0.5, 0.6) is 0 Å². The fourth-order valence-corrected chi connectivity index (χ4v) is 2.68. The van der Waals surface area contributed by atoms with Crippen LogP contribution in [0.2, 0.25) is 0 Å². The summed E-state index contributed by atoms with van der Waals surface area (Å²) in [6.45, 7) is 0.605. The highest BCUT2D eigenvalue weighted by atomic mass is 79.9. The molecule has 0 spiro atoms. The maximum atomic E-state index is 9.29.